The van der Waals surface area contributed by atoms with E-state index in [0.29, 0.717) is 36.2 Å². The molecule has 0 radical (unpaired) electrons. The van der Waals surface area contributed by atoms with Crippen molar-refractivity contribution in [3.63, 3.8) is 0 Å². The molecule has 0 saturated heterocycles. The fraction of sp³-hybridized carbons (Fsp3) is 0.619. The molecule has 0 aliphatic rings. The Labute approximate surface area is 191 Å². The number of hydrogen-bond acceptors (Lipinski definition) is 8. The Morgan fingerprint density at radius 1 is 1.10 bits per heavy atom. The molecule has 0 aliphatic heterocycles. The number of nitrogens with one attached hydrogen (secondary N) is 2. The average Bonchev–Trinajstić information content (AvgIpc) is 3.36. The van der Waals surface area contributed by atoms with Crippen molar-refractivity contribution in [3.05, 3.63) is 24.0 Å². The second-order valence-electron chi connectivity index (χ2n) is 8.06. The van der Waals surface area contributed by atoms with Crippen LogP contribution in [0.25, 0.3) is 0 Å². The average molecular weight is 469 g/mol. The lowest BCUT2D eigenvalue weighted by atomic mass is 9.94. The molecule has 172 valence electrons. The van der Waals surface area contributed by atoms with Gasteiger partial charge in [-0.3, -0.25) is 14.4 Å². The van der Waals surface area contributed by atoms with Crippen LogP contribution in [0.2, 0.25) is 0 Å². The highest BCUT2D eigenvalue weighted by molar-refractivity contribution is 8.00. The molecular weight excluding hydrogens is 436 g/mol. The normalized spacial score (nSPS) is 11.5. The van der Waals surface area contributed by atoms with Crippen LogP contribution >= 0.6 is 23.1 Å². The van der Waals surface area contributed by atoms with E-state index in [4.69, 9.17) is 9.25 Å². The Morgan fingerprint density at radius 2 is 1.81 bits per heavy atom. The summed E-state index contributed by atoms with van der Waals surface area (Å²) < 4.78 is 6.79. The zero-order chi connectivity index (χ0) is 22.7. The number of oxazole rings is 1. The summed E-state index contributed by atoms with van der Waals surface area (Å²) in [5, 5.41) is 3.45. The third-order valence-electron chi connectivity index (χ3n) is 4.25. The van der Waals surface area contributed by atoms with E-state index in [0.717, 1.165) is 35.7 Å². The molecule has 2 heterocycles. The number of thiazole rings is 1. The van der Waals surface area contributed by atoms with Crippen molar-refractivity contribution in [1.29, 1.82) is 0 Å². The van der Waals surface area contributed by atoms with Crippen LogP contribution in [0.3, 0.4) is 0 Å². The van der Waals surface area contributed by atoms with Crippen LogP contribution in [-0.4, -0.2) is 28.4 Å². The van der Waals surface area contributed by atoms with Crippen LogP contribution in [0.1, 0.15) is 77.9 Å². The first-order chi connectivity index (χ1) is 14.8. The molecular formula is C21H32N4O4S2. The molecule has 2 N–H and O–H groups in total. The molecule has 10 heteroatoms. The minimum Gasteiger partial charge on any atom is -0.444 e. The molecule has 0 bridgehead atoms. The third kappa shape index (κ3) is 9.84. The summed E-state index contributed by atoms with van der Waals surface area (Å²) in [7, 11) is 0. The number of hydrogen-bond donors (Lipinski definition) is 2. The molecule has 0 aliphatic carbocycles. The minimum atomic E-state index is -0.102. The van der Waals surface area contributed by atoms with Crippen LogP contribution in [0, 0.1) is 0 Å². The molecule has 0 saturated carbocycles. The lowest BCUT2D eigenvalue weighted by Crippen LogP contribution is -2.23. The van der Waals surface area contributed by atoms with Crippen molar-refractivity contribution in [3.8, 4) is 0 Å². The predicted octanol–water partition coefficient (Wildman–Crippen LogP) is 5.07. The van der Waals surface area contributed by atoms with Gasteiger partial charge in [0.15, 0.2) is 5.13 Å². The second kappa shape index (κ2) is 12.8. The maximum absolute atomic E-state index is 12.1. The summed E-state index contributed by atoms with van der Waals surface area (Å²) in [5.74, 6) is 2.03. The number of nitrogens with zero attached hydrogens (tertiary/aromatic N) is 2. The van der Waals surface area contributed by atoms with Gasteiger partial charge in [-0.2, -0.15) is 0 Å². The number of hydroxylamine groups is 1. The van der Waals surface area contributed by atoms with Crippen LogP contribution in [0.5, 0.6) is 0 Å². The minimum absolute atomic E-state index is 0.0393. The topological polar surface area (TPSA) is 106 Å². The van der Waals surface area contributed by atoms with Crippen molar-refractivity contribution in [2.45, 2.75) is 81.6 Å². The Hall–Kier alpha value is -1.91. The van der Waals surface area contributed by atoms with E-state index < -0.39 is 0 Å². The van der Waals surface area contributed by atoms with E-state index >= 15 is 0 Å². The lowest BCUT2D eigenvalue weighted by Gasteiger charge is -2.12. The third-order valence-corrected chi connectivity index (χ3v) is 6.34. The summed E-state index contributed by atoms with van der Waals surface area (Å²) >= 11 is 3.03. The van der Waals surface area contributed by atoms with Crippen LogP contribution < -0.4 is 10.8 Å². The summed E-state index contributed by atoms with van der Waals surface area (Å²) in [4.78, 5) is 36.9. The number of carbonyl (C=O) groups is 2. The van der Waals surface area contributed by atoms with E-state index in [1.54, 1.807) is 24.2 Å². The van der Waals surface area contributed by atoms with Gasteiger partial charge in [0.25, 0.3) is 0 Å². The lowest BCUT2D eigenvalue weighted by molar-refractivity contribution is -0.133. The van der Waals surface area contributed by atoms with E-state index in [2.05, 4.69) is 41.5 Å². The Bertz CT molecular complexity index is 829. The zero-order valence-corrected chi connectivity index (χ0v) is 20.3. The fourth-order valence-electron chi connectivity index (χ4n) is 2.55. The molecule has 0 unspecified atom stereocenters. The van der Waals surface area contributed by atoms with Gasteiger partial charge in [-0.15, -0.1) is 11.8 Å². The number of carbonyl (C=O) groups excluding carboxylic acids is 2. The van der Waals surface area contributed by atoms with Gasteiger partial charge >= 0.3 is 0 Å². The number of aromatic nitrogens is 2. The first kappa shape index (κ1) is 25.4. The van der Waals surface area contributed by atoms with Crippen LogP contribution in [-0.2, 0) is 25.6 Å². The van der Waals surface area contributed by atoms with Gasteiger partial charge in [-0.25, -0.2) is 15.4 Å². The molecule has 0 aromatic carbocycles. The molecule has 0 spiro atoms. The molecule has 2 amide bonds. The van der Waals surface area contributed by atoms with Gasteiger partial charge in [0.1, 0.15) is 5.76 Å². The molecule has 0 atom stereocenters. The number of rotatable bonds is 13. The standard InChI is InChI=1S/C21H32N4O4S2/c1-5-28-25-17(27)11-9-7-6-8-10-16(26)24-20-23-13-19(31-20)30-14-18-22-12-15(29-18)21(2,3)4/h12-13H,5-11,14H2,1-4H3,(H,25,27)(H,23,24,26). The largest absolute Gasteiger partial charge is 0.444 e. The van der Waals surface area contributed by atoms with Crippen molar-refractivity contribution in [2.24, 2.45) is 0 Å². The summed E-state index contributed by atoms with van der Waals surface area (Å²) in [5.41, 5.74) is 2.32. The quantitative estimate of drug-likeness (QED) is 0.240. The predicted molar refractivity (Wildman–Crippen MR) is 123 cm³/mol. The smallest absolute Gasteiger partial charge is 0.243 e. The zero-order valence-electron chi connectivity index (χ0n) is 18.7. The summed E-state index contributed by atoms with van der Waals surface area (Å²) in [6, 6.07) is 0. The maximum Gasteiger partial charge on any atom is 0.243 e. The fourth-order valence-corrected chi connectivity index (χ4v) is 4.29. The molecule has 2 aromatic heterocycles. The molecule has 8 nitrogen and oxygen atoms in total. The Morgan fingerprint density at radius 3 is 2.45 bits per heavy atom. The second-order valence-corrected chi connectivity index (χ2v) is 10.4. The SMILES string of the molecule is CCONC(=O)CCCCCCC(=O)Nc1ncc(SCc2ncc(C(C)(C)C)o2)s1. The van der Waals surface area contributed by atoms with Crippen LogP contribution in [0.15, 0.2) is 21.0 Å². The number of thioether (sulfide) groups is 1. The summed E-state index contributed by atoms with van der Waals surface area (Å²) in [6.45, 7) is 8.54. The number of anilines is 1. The molecule has 2 rings (SSSR count). The Kier molecular flexibility index (Phi) is 10.5. The highest BCUT2D eigenvalue weighted by Crippen LogP contribution is 2.31. The molecule has 2 aromatic rings. The maximum atomic E-state index is 12.1. The first-order valence-corrected chi connectivity index (χ1v) is 12.3. The van der Waals surface area contributed by atoms with Gasteiger partial charge in [-0.05, 0) is 19.8 Å². The van der Waals surface area contributed by atoms with E-state index in [1.807, 2.05) is 6.92 Å². The number of amides is 2. The van der Waals surface area contributed by atoms with Crippen molar-refractivity contribution < 1.29 is 18.8 Å². The van der Waals surface area contributed by atoms with Gasteiger partial charge < -0.3 is 9.73 Å². The monoisotopic (exact) mass is 468 g/mol. The van der Waals surface area contributed by atoms with Crippen LogP contribution in [0.4, 0.5) is 5.13 Å². The highest BCUT2D eigenvalue weighted by Gasteiger charge is 2.19. The Balaban J connectivity index is 1.61. The van der Waals surface area contributed by atoms with Gasteiger partial charge in [0.05, 0.1) is 29.0 Å². The van der Waals surface area contributed by atoms with Gasteiger partial charge in [0.2, 0.25) is 17.7 Å². The number of unbranched alkanes of at least 4 members (excludes halogenated alkanes) is 3. The summed E-state index contributed by atoms with van der Waals surface area (Å²) in [6.07, 6.45) is 7.80. The van der Waals surface area contributed by atoms with Crippen molar-refractivity contribution >= 4 is 40.0 Å². The van der Waals surface area contributed by atoms with Gasteiger partial charge in [0, 0.05) is 18.3 Å². The van der Waals surface area contributed by atoms with Crippen molar-refractivity contribution in [1.82, 2.24) is 15.4 Å². The molecule has 31 heavy (non-hydrogen) atoms. The van der Waals surface area contributed by atoms with Gasteiger partial charge in [-0.1, -0.05) is 44.9 Å². The molecule has 0 fully saturated rings. The van der Waals surface area contributed by atoms with E-state index in [9.17, 15) is 9.59 Å². The van der Waals surface area contributed by atoms with Crippen molar-refractivity contribution in [2.75, 3.05) is 11.9 Å². The van der Waals surface area contributed by atoms with E-state index in [1.165, 1.54) is 11.3 Å². The highest BCUT2D eigenvalue weighted by atomic mass is 32.2. The van der Waals surface area contributed by atoms with E-state index in [-0.39, 0.29) is 17.2 Å². The first-order valence-electron chi connectivity index (χ1n) is 10.5.